The second kappa shape index (κ2) is 8.51. The molecule has 28 heavy (non-hydrogen) atoms. The molecular weight excluding hydrogens is 387 g/mol. The summed E-state index contributed by atoms with van der Waals surface area (Å²) in [5.74, 6) is -0.426. The highest BCUT2D eigenvalue weighted by atomic mass is 32.2. The van der Waals surface area contributed by atoms with Gasteiger partial charge in [-0.25, -0.2) is 13.9 Å². The van der Waals surface area contributed by atoms with E-state index in [1.165, 1.54) is 25.4 Å². The zero-order chi connectivity index (χ0) is 21.1. The van der Waals surface area contributed by atoms with Crippen LogP contribution in [0.15, 0.2) is 29.4 Å². The highest BCUT2D eigenvalue weighted by molar-refractivity contribution is 7.90. The van der Waals surface area contributed by atoms with Gasteiger partial charge in [-0.15, -0.1) is 5.10 Å². The highest BCUT2D eigenvalue weighted by Gasteiger charge is 2.23. The number of carbonyl (C=O) groups excluding carboxylic acids is 1. The Labute approximate surface area is 163 Å². The molecule has 0 saturated carbocycles. The summed E-state index contributed by atoms with van der Waals surface area (Å²) in [5.41, 5.74) is 1.52. The van der Waals surface area contributed by atoms with E-state index in [4.69, 9.17) is 4.74 Å². The van der Waals surface area contributed by atoms with E-state index in [0.717, 1.165) is 6.07 Å². The van der Waals surface area contributed by atoms with Crippen LogP contribution in [0.3, 0.4) is 0 Å². The number of carbonyl (C=O) groups is 1. The highest BCUT2D eigenvalue weighted by Crippen LogP contribution is 2.33. The van der Waals surface area contributed by atoms with Gasteiger partial charge < -0.3 is 10.1 Å². The van der Waals surface area contributed by atoms with Crippen LogP contribution >= 0.6 is 0 Å². The van der Waals surface area contributed by atoms with E-state index in [2.05, 4.69) is 15.5 Å². The second-order valence-corrected chi connectivity index (χ2v) is 8.39. The first kappa shape index (κ1) is 21.5. The minimum Gasteiger partial charge on any atom is -0.495 e. The van der Waals surface area contributed by atoms with Crippen molar-refractivity contribution in [2.75, 3.05) is 12.4 Å². The first-order valence-electron chi connectivity index (χ1n) is 8.59. The Balaban J connectivity index is 2.34. The SMILES string of the molecule is COc1cnnc(S(=O)(=O)NC(=O)Nc2c(C(C)C)cc(F)cc2C(C)C)c1. The Kier molecular flexibility index (Phi) is 6.55. The van der Waals surface area contributed by atoms with Crippen LogP contribution in [-0.4, -0.2) is 31.8 Å². The molecule has 1 aromatic carbocycles. The quantitative estimate of drug-likeness (QED) is 0.755. The molecule has 1 heterocycles. The third-order valence-corrected chi connectivity index (χ3v) is 5.20. The van der Waals surface area contributed by atoms with Crippen molar-refractivity contribution >= 4 is 21.7 Å². The van der Waals surface area contributed by atoms with Gasteiger partial charge in [0, 0.05) is 11.8 Å². The van der Waals surface area contributed by atoms with E-state index in [9.17, 15) is 17.6 Å². The van der Waals surface area contributed by atoms with Gasteiger partial charge in [0.25, 0.3) is 10.0 Å². The molecule has 0 spiro atoms. The van der Waals surface area contributed by atoms with Gasteiger partial charge in [-0.3, -0.25) is 0 Å². The molecule has 0 fully saturated rings. The molecule has 152 valence electrons. The fourth-order valence-electron chi connectivity index (χ4n) is 2.59. The number of halogens is 1. The second-order valence-electron chi connectivity index (χ2n) is 6.76. The lowest BCUT2D eigenvalue weighted by Gasteiger charge is -2.20. The van der Waals surface area contributed by atoms with Gasteiger partial charge in [0.05, 0.1) is 13.3 Å². The Morgan fingerprint density at radius 1 is 1.11 bits per heavy atom. The molecule has 2 rings (SSSR count). The molecule has 0 aliphatic rings. The number of nitrogens with one attached hydrogen (secondary N) is 2. The van der Waals surface area contributed by atoms with E-state index in [0.29, 0.717) is 16.8 Å². The van der Waals surface area contributed by atoms with Crippen molar-refractivity contribution in [2.45, 2.75) is 44.6 Å². The first-order chi connectivity index (χ1) is 13.0. The minimum atomic E-state index is -4.28. The number of hydrogen-bond donors (Lipinski definition) is 2. The zero-order valence-electron chi connectivity index (χ0n) is 16.3. The van der Waals surface area contributed by atoms with Gasteiger partial charge in [-0.05, 0) is 35.1 Å². The molecule has 0 aliphatic heterocycles. The van der Waals surface area contributed by atoms with Crippen LogP contribution in [0.2, 0.25) is 0 Å². The van der Waals surface area contributed by atoms with E-state index in [1.54, 1.807) is 0 Å². The van der Waals surface area contributed by atoms with E-state index in [-0.39, 0.29) is 17.6 Å². The molecule has 10 heteroatoms. The maximum Gasteiger partial charge on any atom is 0.333 e. The third kappa shape index (κ3) is 4.94. The lowest BCUT2D eigenvalue weighted by Crippen LogP contribution is -2.35. The number of methoxy groups -OCH3 is 1. The van der Waals surface area contributed by atoms with Gasteiger partial charge in [0.2, 0.25) is 5.03 Å². The van der Waals surface area contributed by atoms with Crippen LogP contribution in [0.25, 0.3) is 0 Å². The molecular formula is C18H23FN4O4S. The standard InChI is InChI=1S/C18H23FN4O4S/c1-10(2)14-6-12(19)7-15(11(3)4)17(14)21-18(24)23-28(25,26)16-8-13(27-5)9-20-22-16/h6-11H,1-5H3,(H2,21,23,24). The minimum absolute atomic E-state index is 0.0932. The third-order valence-electron chi connectivity index (χ3n) is 3.99. The smallest absolute Gasteiger partial charge is 0.333 e. The molecule has 0 atom stereocenters. The summed E-state index contributed by atoms with van der Waals surface area (Å²) in [7, 11) is -2.93. The number of urea groups is 1. The average molecular weight is 410 g/mol. The molecule has 2 amide bonds. The Morgan fingerprint density at radius 2 is 1.68 bits per heavy atom. The maximum absolute atomic E-state index is 14.0. The molecule has 0 radical (unpaired) electrons. The fourth-order valence-corrected chi connectivity index (χ4v) is 3.42. The maximum atomic E-state index is 14.0. The van der Waals surface area contributed by atoms with Crippen LogP contribution in [-0.2, 0) is 10.0 Å². The van der Waals surface area contributed by atoms with Gasteiger partial charge >= 0.3 is 6.03 Å². The van der Waals surface area contributed by atoms with E-state index < -0.39 is 26.9 Å². The van der Waals surface area contributed by atoms with Crippen molar-refractivity contribution in [3.8, 4) is 5.75 Å². The van der Waals surface area contributed by atoms with Gasteiger partial charge in [0.1, 0.15) is 11.6 Å². The number of benzene rings is 1. The van der Waals surface area contributed by atoms with E-state index >= 15 is 0 Å². The van der Waals surface area contributed by atoms with Crippen LogP contribution in [0.1, 0.15) is 50.7 Å². The average Bonchev–Trinajstić information content (AvgIpc) is 2.62. The number of sulfonamides is 1. The first-order valence-corrected chi connectivity index (χ1v) is 10.1. The largest absolute Gasteiger partial charge is 0.495 e. The van der Waals surface area contributed by atoms with Crippen molar-refractivity contribution in [1.82, 2.24) is 14.9 Å². The monoisotopic (exact) mass is 410 g/mol. The molecule has 1 aromatic heterocycles. The van der Waals surface area contributed by atoms with Crippen LogP contribution in [0.4, 0.5) is 14.9 Å². The van der Waals surface area contributed by atoms with Crippen molar-refractivity contribution in [1.29, 1.82) is 0 Å². The molecule has 8 nitrogen and oxygen atoms in total. The van der Waals surface area contributed by atoms with Crippen LogP contribution < -0.4 is 14.8 Å². The number of ether oxygens (including phenoxy) is 1. The summed E-state index contributed by atoms with van der Waals surface area (Å²) in [4.78, 5) is 12.4. The Hall–Kier alpha value is -2.75. The number of nitrogens with zero attached hydrogens (tertiary/aromatic N) is 2. The summed E-state index contributed by atoms with van der Waals surface area (Å²) < 4.78 is 45.6. The number of rotatable bonds is 6. The number of aromatic nitrogens is 2. The summed E-state index contributed by atoms with van der Waals surface area (Å²) in [6.07, 6.45) is 1.24. The summed E-state index contributed by atoms with van der Waals surface area (Å²) in [5, 5.41) is 9.13. The summed E-state index contributed by atoms with van der Waals surface area (Å²) in [6, 6.07) is 2.81. The predicted molar refractivity (Wildman–Crippen MR) is 103 cm³/mol. The molecule has 0 aliphatic carbocycles. The van der Waals surface area contributed by atoms with Gasteiger partial charge in [-0.1, -0.05) is 27.7 Å². The molecule has 2 aromatic rings. The van der Waals surface area contributed by atoms with Crippen molar-refractivity contribution < 1.29 is 22.3 Å². The van der Waals surface area contributed by atoms with Gasteiger partial charge in [0.15, 0.2) is 0 Å². The van der Waals surface area contributed by atoms with Crippen molar-refractivity contribution in [3.05, 3.63) is 41.3 Å². The Morgan fingerprint density at radius 3 is 2.18 bits per heavy atom. The number of anilines is 1. The normalized spacial score (nSPS) is 11.6. The molecule has 0 unspecified atom stereocenters. The molecule has 2 N–H and O–H groups in total. The molecule has 0 saturated heterocycles. The summed E-state index contributed by atoms with van der Waals surface area (Å²) >= 11 is 0. The zero-order valence-corrected chi connectivity index (χ0v) is 17.1. The molecule has 0 bridgehead atoms. The Bertz CT molecular complexity index is 948. The topological polar surface area (TPSA) is 110 Å². The lowest BCUT2D eigenvalue weighted by atomic mass is 9.92. The van der Waals surface area contributed by atoms with Crippen LogP contribution in [0, 0.1) is 5.82 Å². The van der Waals surface area contributed by atoms with Crippen LogP contribution in [0.5, 0.6) is 5.75 Å². The lowest BCUT2D eigenvalue weighted by molar-refractivity contribution is 0.256. The van der Waals surface area contributed by atoms with Gasteiger partial charge in [-0.2, -0.15) is 13.5 Å². The predicted octanol–water partition coefficient (Wildman–Crippen LogP) is 3.38. The fraction of sp³-hybridized carbons (Fsp3) is 0.389. The number of amides is 2. The van der Waals surface area contributed by atoms with Crippen molar-refractivity contribution in [3.63, 3.8) is 0 Å². The number of hydrogen-bond acceptors (Lipinski definition) is 6. The summed E-state index contributed by atoms with van der Waals surface area (Å²) in [6.45, 7) is 7.41. The van der Waals surface area contributed by atoms with E-state index in [1.807, 2.05) is 32.4 Å². The van der Waals surface area contributed by atoms with Crippen molar-refractivity contribution in [2.24, 2.45) is 0 Å².